The number of amides is 1. The van der Waals surface area contributed by atoms with E-state index >= 15 is 0 Å². The van der Waals surface area contributed by atoms with Crippen molar-refractivity contribution in [1.82, 2.24) is 0 Å². The van der Waals surface area contributed by atoms with Gasteiger partial charge in [0, 0.05) is 5.56 Å². The Morgan fingerprint density at radius 3 is 2.45 bits per heavy atom. The number of aryl methyl sites for hydroxylation is 1. The van der Waals surface area contributed by atoms with Gasteiger partial charge >= 0.3 is 0 Å². The molecule has 2 aromatic rings. The third-order valence-corrected chi connectivity index (χ3v) is 2.95. The van der Waals surface area contributed by atoms with Gasteiger partial charge in [-0.1, -0.05) is 12.1 Å². The third kappa shape index (κ3) is 2.76. The Kier molecular flexibility index (Phi) is 4.11. The average Bonchev–Trinajstić information content (AvgIpc) is 2.47. The number of para-hydroxylation sites is 1. The smallest absolute Gasteiger partial charge is 0.285 e. The van der Waals surface area contributed by atoms with Crippen LogP contribution >= 0.6 is 0 Å². The molecule has 0 heterocycles. The van der Waals surface area contributed by atoms with E-state index in [2.05, 4.69) is 0 Å². The Balaban J connectivity index is 2.41. The third-order valence-electron chi connectivity index (χ3n) is 2.95. The van der Waals surface area contributed by atoms with Gasteiger partial charge in [-0.2, -0.15) is 0 Å². The molecule has 0 aliphatic rings. The highest BCUT2D eigenvalue weighted by Crippen LogP contribution is 2.25. The molecule has 0 aromatic heterocycles. The monoisotopic (exact) mass is 310 g/mol. The van der Waals surface area contributed by atoms with Crippen LogP contribution in [0.3, 0.4) is 0 Å². The quantitative estimate of drug-likeness (QED) is 0.535. The summed E-state index contributed by atoms with van der Waals surface area (Å²) < 4.78 is 39.4. The minimum atomic E-state index is -1.74. The van der Waals surface area contributed by atoms with Crippen LogP contribution in [0.2, 0.25) is 0 Å². The maximum atomic E-state index is 13.5. The summed E-state index contributed by atoms with van der Waals surface area (Å²) in [7, 11) is 0. The zero-order chi connectivity index (χ0) is 16.4. The molecule has 8 heteroatoms. The zero-order valence-electron chi connectivity index (χ0n) is 11.2. The molecule has 22 heavy (non-hydrogen) atoms. The Morgan fingerprint density at radius 1 is 1.14 bits per heavy atom. The van der Waals surface area contributed by atoms with Crippen molar-refractivity contribution in [3.63, 3.8) is 0 Å². The molecule has 1 N–H and O–H groups in total. The fraction of sp³-hybridized carbons (Fsp3) is 0.0714. The van der Waals surface area contributed by atoms with Gasteiger partial charge in [0.25, 0.3) is 11.6 Å². The maximum Gasteiger partial charge on any atom is 0.285 e. The van der Waals surface area contributed by atoms with Crippen molar-refractivity contribution < 1.29 is 22.9 Å². The Labute approximate surface area is 122 Å². The van der Waals surface area contributed by atoms with Crippen LogP contribution < -0.4 is 5.32 Å². The number of nitrogens with zero attached hydrogens (tertiary/aromatic N) is 1. The van der Waals surface area contributed by atoms with Gasteiger partial charge in [-0.15, -0.1) is 0 Å². The number of nitro benzene ring substituents is 1. The lowest BCUT2D eigenvalue weighted by Crippen LogP contribution is -2.16. The Bertz CT molecular complexity index is 778. The molecule has 0 saturated heterocycles. The van der Waals surface area contributed by atoms with Crippen LogP contribution in [0.1, 0.15) is 15.9 Å². The summed E-state index contributed by atoms with van der Waals surface area (Å²) in [5, 5.41) is 13.0. The van der Waals surface area contributed by atoms with Gasteiger partial charge in [0.2, 0.25) is 0 Å². The number of halogens is 3. The van der Waals surface area contributed by atoms with Crippen molar-refractivity contribution in [2.45, 2.75) is 6.92 Å². The second-order valence-corrected chi connectivity index (χ2v) is 4.41. The highest BCUT2D eigenvalue weighted by Gasteiger charge is 2.24. The molecule has 0 bridgehead atoms. The molecule has 0 aliphatic carbocycles. The lowest BCUT2D eigenvalue weighted by Gasteiger charge is -2.08. The van der Waals surface area contributed by atoms with Crippen molar-refractivity contribution in [3.05, 3.63) is 69.0 Å². The molecular weight excluding hydrogens is 301 g/mol. The average molecular weight is 310 g/mol. The number of hydrogen-bond acceptors (Lipinski definition) is 3. The van der Waals surface area contributed by atoms with Crippen molar-refractivity contribution in [1.29, 1.82) is 0 Å². The van der Waals surface area contributed by atoms with E-state index in [4.69, 9.17) is 0 Å². The van der Waals surface area contributed by atoms with E-state index in [0.29, 0.717) is 6.07 Å². The van der Waals surface area contributed by atoms with Gasteiger partial charge in [0.05, 0.1) is 10.6 Å². The molecule has 1 amide bonds. The van der Waals surface area contributed by atoms with E-state index in [1.165, 1.54) is 25.1 Å². The Morgan fingerprint density at radius 2 is 1.82 bits per heavy atom. The van der Waals surface area contributed by atoms with Crippen LogP contribution in [0.4, 0.5) is 24.5 Å². The summed E-state index contributed by atoms with van der Waals surface area (Å²) in [6.07, 6.45) is 0. The van der Waals surface area contributed by atoms with E-state index < -0.39 is 39.7 Å². The second-order valence-electron chi connectivity index (χ2n) is 4.41. The van der Waals surface area contributed by atoms with Crippen molar-refractivity contribution >= 4 is 17.3 Å². The first-order valence-electron chi connectivity index (χ1n) is 6.01. The molecule has 0 aliphatic heterocycles. The number of rotatable bonds is 3. The number of benzene rings is 2. The molecule has 2 aromatic carbocycles. The summed E-state index contributed by atoms with van der Waals surface area (Å²) in [6, 6.07) is 5.50. The predicted molar refractivity (Wildman–Crippen MR) is 72.1 cm³/mol. The molecule has 0 atom stereocenters. The van der Waals surface area contributed by atoms with Crippen LogP contribution in [0.15, 0.2) is 30.3 Å². The topological polar surface area (TPSA) is 72.2 Å². The first-order chi connectivity index (χ1) is 10.3. The second kappa shape index (κ2) is 5.84. The number of carbonyl (C=O) groups is 1. The molecule has 0 radical (unpaired) electrons. The molecular formula is C14H9F3N2O3. The number of hydrogen-bond donors (Lipinski definition) is 1. The molecule has 2 rings (SSSR count). The Hall–Kier alpha value is -2.90. The summed E-state index contributed by atoms with van der Waals surface area (Å²) in [5.74, 6) is -5.72. The van der Waals surface area contributed by atoms with Crippen molar-refractivity contribution in [2.75, 3.05) is 5.32 Å². The number of nitrogens with one attached hydrogen (secondary N) is 1. The van der Waals surface area contributed by atoms with E-state index in [-0.39, 0.29) is 11.1 Å². The zero-order valence-corrected chi connectivity index (χ0v) is 11.2. The lowest BCUT2D eigenvalue weighted by atomic mass is 10.1. The van der Waals surface area contributed by atoms with Gasteiger partial charge in [-0.3, -0.25) is 14.9 Å². The largest absolute Gasteiger partial charge is 0.319 e. The SMILES string of the molecule is Cc1cccc(C(=O)Nc2ccc(F)c(F)c2F)c1[N+](=O)[O-]. The van der Waals surface area contributed by atoms with Gasteiger partial charge in [0.15, 0.2) is 17.5 Å². The van der Waals surface area contributed by atoms with E-state index in [1.54, 1.807) is 0 Å². The first kappa shape index (κ1) is 15.5. The lowest BCUT2D eigenvalue weighted by molar-refractivity contribution is -0.385. The summed E-state index contributed by atoms with van der Waals surface area (Å²) >= 11 is 0. The van der Waals surface area contributed by atoms with E-state index in [1.807, 2.05) is 5.32 Å². The first-order valence-corrected chi connectivity index (χ1v) is 6.01. The number of carbonyl (C=O) groups excluding carboxylic acids is 1. The predicted octanol–water partition coefficient (Wildman–Crippen LogP) is 3.57. The maximum absolute atomic E-state index is 13.5. The number of anilines is 1. The van der Waals surface area contributed by atoms with Gasteiger partial charge < -0.3 is 5.32 Å². The van der Waals surface area contributed by atoms with Crippen LogP contribution in [-0.4, -0.2) is 10.8 Å². The van der Waals surface area contributed by atoms with Gasteiger partial charge in [-0.05, 0) is 25.1 Å². The van der Waals surface area contributed by atoms with Crippen LogP contribution in [-0.2, 0) is 0 Å². The van der Waals surface area contributed by atoms with Crippen molar-refractivity contribution in [3.8, 4) is 0 Å². The van der Waals surface area contributed by atoms with Gasteiger partial charge in [-0.25, -0.2) is 13.2 Å². The molecule has 5 nitrogen and oxygen atoms in total. The minimum absolute atomic E-state index is 0.239. The molecule has 114 valence electrons. The fourth-order valence-electron chi connectivity index (χ4n) is 1.90. The number of nitro groups is 1. The van der Waals surface area contributed by atoms with Crippen LogP contribution in [0.25, 0.3) is 0 Å². The summed E-state index contributed by atoms with van der Waals surface area (Å²) in [4.78, 5) is 22.3. The molecule has 0 spiro atoms. The highest BCUT2D eigenvalue weighted by atomic mass is 19.2. The van der Waals surface area contributed by atoms with Crippen LogP contribution in [0, 0.1) is 34.5 Å². The molecule has 0 unspecified atom stereocenters. The summed E-state index contributed by atoms with van der Waals surface area (Å²) in [5.41, 5.74) is -1.12. The fourth-order valence-corrected chi connectivity index (χ4v) is 1.90. The van der Waals surface area contributed by atoms with Crippen molar-refractivity contribution in [2.24, 2.45) is 0 Å². The van der Waals surface area contributed by atoms with E-state index in [9.17, 15) is 28.1 Å². The molecule has 0 saturated carbocycles. The normalized spacial score (nSPS) is 10.4. The van der Waals surface area contributed by atoms with Gasteiger partial charge in [0.1, 0.15) is 5.56 Å². The highest BCUT2D eigenvalue weighted by molar-refractivity contribution is 6.07. The summed E-state index contributed by atoms with van der Waals surface area (Å²) in [6.45, 7) is 1.44. The van der Waals surface area contributed by atoms with E-state index in [0.717, 1.165) is 6.07 Å². The van der Waals surface area contributed by atoms with Crippen LogP contribution in [0.5, 0.6) is 0 Å². The minimum Gasteiger partial charge on any atom is -0.319 e. The standard InChI is InChI=1S/C14H9F3N2O3/c1-7-3-2-4-8(13(7)19(21)22)14(20)18-10-6-5-9(15)11(16)12(10)17/h2-6H,1H3,(H,18,20). The molecule has 0 fully saturated rings.